The van der Waals surface area contributed by atoms with Gasteiger partial charge in [0.1, 0.15) is 17.2 Å². The van der Waals surface area contributed by atoms with Crippen LogP contribution in [0.1, 0.15) is 44.9 Å². The quantitative estimate of drug-likeness (QED) is 0.205. The third-order valence-corrected chi connectivity index (χ3v) is 5.73. The molecule has 174 valence electrons. The molecule has 5 nitrogen and oxygen atoms in total. The van der Waals surface area contributed by atoms with Gasteiger partial charge in [-0.2, -0.15) is 0 Å². The molecule has 3 aromatic carbocycles. The molecule has 0 saturated heterocycles. The van der Waals surface area contributed by atoms with E-state index in [-0.39, 0.29) is 11.7 Å². The fraction of sp³-hybridized carbons (Fsp3) is 0.172. The van der Waals surface area contributed by atoms with Crippen molar-refractivity contribution >= 4 is 11.9 Å². The molecule has 3 rings (SSSR count). The molecule has 0 spiro atoms. The van der Waals surface area contributed by atoms with E-state index in [1.54, 1.807) is 12.1 Å². The summed E-state index contributed by atoms with van der Waals surface area (Å²) in [5.74, 6) is -0.0543. The normalized spacial score (nSPS) is 10.6. The van der Waals surface area contributed by atoms with Crippen LogP contribution in [0.2, 0.25) is 0 Å². The van der Waals surface area contributed by atoms with Gasteiger partial charge in [-0.1, -0.05) is 37.4 Å². The van der Waals surface area contributed by atoms with E-state index in [0.29, 0.717) is 11.5 Å². The van der Waals surface area contributed by atoms with E-state index in [0.717, 1.165) is 51.1 Å². The van der Waals surface area contributed by atoms with Gasteiger partial charge in [0.2, 0.25) is 0 Å². The van der Waals surface area contributed by atoms with Gasteiger partial charge in [-0.15, -0.1) is 0 Å². The third kappa shape index (κ3) is 5.26. The summed E-state index contributed by atoms with van der Waals surface area (Å²) < 4.78 is 10.8. The summed E-state index contributed by atoms with van der Waals surface area (Å²) in [6, 6.07) is 14.8. The number of phenols is 1. The minimum absolute atomic E-state index is 0.175. The average molecular weight is 457 g/mol. The standard InChI is InChI=1S/C29H28O5/c1-7-27(31)33-25-15-17(3)23(13-19(25)5)29(21-9-11-22(30)12-10-21)24-14-20(6)26(16-18(24)4)34-28(32)8-2/h7-16,29-30H,1-2H2,3-6H3. The highest BCUT2D eigenvalue weighted by Gasteiger charge is 2.23. The molecule has 0 aliphatic carbocycles. The summed E-state index contributed by atoms with van der Waals surface area (Å²) in [5.41, 5.74) is 6.54. The molecule has 0 unspecified atom stereocenters. The molecule has 0 aliphatic rings. The first-order valence-corrected chi connectivity index (χ1v) is 10.8. The molecule has 0 amide bonds. The van der Waals surface area contributed by atoms with Crippen molar-refractivity contribution in [3.8, 4) is 17.2 Å². The molecule has 0 saturated carbocycles. The Hall–Kier alpha value is -4.12. The van der Waals surface area contributed by atoms with Crippen LogP contribution in [0.15, 0.2) is 73.8 Å². The van der Waals surface area contributed by atoms with E-state index in [1.807, 2.05) is 64.1 Å². The Morgan fingerprint density at radius 1 is 0.735 bits per heavy atom. The largest absolute Gasteiger partial charge is 0.508 e. The molecule has 3 aromatic rings. The van der Waals surface area contributed by atoms with Crippen LogP contribution in [0, 0.1) is 27.7 Å². The number of rotatable bonds is 7. The number of hydrogen-bond donors (Lipinski definition) is 1. The minimum Gasteiger partial charge on any atom is -0.508 e. The van der Waals surface area contributed by atoms with Crippen LogP contribution in [-0.4, -0.2) is 17.0 Å². The predicted molar refractivity (Wildman–Crippen MR) is 133 cm³/mol. The van der Waals surface area contributed by atoms with E-state index in [2.05, 4.69) is 13.2 Å². The Bertz CT molecular complexity index is 1190. The first kappa shape index (κ1) is 24.5. The molecule has 0 aliphatic heterocycles. The summed E-state index contributed by atoms with van der Waals surface area (Å²) >= 11 is 0. The van der Waals surface area contributed by atoms with Crippen LogP contribution in [0.5, 0.6) is 17.2 Å². The van der Waals surface area contributed by atoms with Gasteiger partial charge in [-0.3, -0.25) is 0 Å². The van der Waals surface area contributed by atoms with Gasteiger partial charge >= 0.3 is 11.9 Å². The van der Waals surface area contributed by atoms with Crippen molar-refractivity contribution in [2.75, 3.05) is 0 Å². The number of ether oxygens (including phenoxy) is 2. The highest BCUT2D eigenvalue weighted by atomic mass is 16.5. The van der Waals surface area contributed by atoms with Crippen molar-refractivity contribution in [3.63, 3.8) is 0 Å². The molecule has 0 heterocycles. The number of phenolic OH excluding ortho intramolecular Hbond substituents is 1. The Kier molecular flexibility index (Phi) is 7.37. The lowest BCUT2D eigenvalue weighted by Crippen LogP contribution is -2.11. The molecule has 0 radical (unpaired) electrons. The van der Waals surface area contributed by atoms with Crippen LogP contribution in [0.3, 0.4) is 0 Å². The summed E-state index contributed by atoms with van der Waals surface area (Å²) in [5, 5.41) is 9.85. The second-order valence-corrected chi connectivity index (χ2v) is 8.22. The molecular formula is C29H28O5. The van der Waals surface area contributed by atoms with E-state index in [1.165, 1.54) is 0 Å². The van der Waals surface area contributed by atoms with E-state index in [4.69, 9.17) is 9.47 Å². The van der Waals surface area contributed by atoms with E-state index >= 15 is 0 Å². The smallest absolute Gasteiger partial charge is 0.335 e. The van der Waals surface area contributed by atoms with Crippen molar-refractivity contribution in [1.82, 2.24) is 0 Å². The maximum absolute atomic E-state index is 11.7. The number of carbonyl (C=O) groups is 2. The summed E-state index contributed by atoms with van der Waals surface area (Å²) in [6.07, 6.45) is 2.27. The van der Waals surface area contributed by atoms with Gasteiger partial charge < -0.3 is 14.6 Å². The summed E-state index contributed by atoms with van der Waals surface area (Å²) in [6.45, 7) is 14.6. The maximum atomic E-state index is 11.7. The first-order chi connectivity index (χ1) is 16.1. The van der Waals surface area contributed by atoms with Gasteiger partial charge in [0.05, 0.1) is 0 Å². The fourth-order valence-electron chi connectivity index (χ4n) is 3.96. The molecule has 5 heteroatoms. The summed E-state index contributed by atoms with van der Waals surface area (Å²) in [7, 11) is 0. The monoisotopic (exact) mass is 456 g/mol. The lowest BCUT2D eigenvalue weighted by molar-refractivity contribution is -0.129. The number of aromatic hydroxyl groups is 1. The Morgan fingerprint density at radius 3 is 1.53 bits per heavy atom. The molecule has 0 bridgehead atoms. The van der Waals surface area contributed by atoms with Crippen LogP contribution in [0.4, 0.5) is 0 Å². The molecule has 0 aromatic heterocycles. The zero-order chi connectivity index (χ0) is 25.0. The molecule has 0 fully saturated rings. The number of hydrogen-bond acceptors (Lipinski definition) is 5. The Morgan fingerprint density at radius 2 is 1.15 bits per heavy atom. The number of aryl methyl sites for hydroxylation is 4. The van der Waals surface area contributed by atoms with Gasteiger partial charge in [-0.25, -0.2) is 9.59 Å². The first-order valence-electron chi connectivity index (χ1n) is 10.8. The average Bonchev–Trinajstić information content (AvgIpc) is 2.80. The fourth-order valence-corrected chi connectivity index (χ4v) is 3.96. The third-order valence-electron chi connectivity index (χ3n) is 5.73. The summed E-state index contributed by atoms with van der Waals surface area (Å²) in [4.78, 5) is 23.5. The highest BCUT2D eigenvalue weighted by Crippen LogP contribution is 2.40. The van der Waals surface area contributed by atoms with E-state index < -0.39 is 11.9 Å². The molecular weight excluding hydrogens is 428 g/mol. The van der Waals surface area contributed by atoms with E-state index in [9.17, 15) is 14.7 Å². The van der Waals surface area contributed by atoms with Crippen molar-refractivity contribution in [1.29, 1.82) is 0 Å². The van der Waals surface area contributed by atoms with Gasteiger partial charge in [-0.05, 0) is 90.9 Å². The lowest BCUT2D eigenvalue weighted by atomic mass is 9.80. The van der Waals surface area contributed by atoms with Crippen molar-refractivity contribution in [2.45, 2.75) is 33.6 Å². The maximum Gasteiger partial charge on any atom is 0.335 e. The number of carbonyl (C=O) groups excluding carboxylic acids is 2. The topological polar surface area (TPSA) is 72.8 Å². The second kappa shape index (κ2) is 10.2. The zero-order valence-electron chi connectivity index (χ0n) is 19.8. The minimum atomic E-state index is -0.513. The molecule has 34 heavy (non-hydrogen) atoms. The van der Waals surface area contributed by atoms with Crippen molar-refractivity contribution in [3.05, 3.63) is 113 Å². The van der Waals surface area contributed by atoms with Crippen LogP contribution in [0.25, 0.3) is 0 Å². The predicted octanol–water partition coefficient (Wildman–Crippen LogP) is 5.99. The molecule has 0 atom stereocenters. The second-order valence-electron chi connectivity index (χ2n) is 8.22. The van der Waals surface area contributed by atoms with Gasteiger partial charge in [0, 0.05) is 18.1 Å². The molecule has 1 N–H and O–H groups in total. The zero-order valence-corrected chi connectivity index (χ0v) is 19.8. The van der Waals surface area contributed by atoms with Crippen molar-refractivity contribution in [2.24, 2.45) is 0 Å². The van der Waals surface area contributed by atoms with Crippen LogP contribution in [-0.2, 0) is 9.59 Å². The van der Waals surface area contributed by atoms with Gasteiger partial charge in [0.25, 0.3) is 0 Å². The van der Waals surface area contributed by atoms with Gasteiger partial charge in [0.15, 0.2) is 0 Å². The SMILES string of the molecule is C=CC(=O)Oc1cc(C)c(C(c2ccc(O)cc2)c2cc(C)c(OC(=O)C=C)cc2C)cc1C. The number of benzene rings is 3. The van der Waals surface area contributed by atoms with Crippen LogP contribution < -0.4 is 9.47 Å². The highest BCUT2D eigenvalue weighted by molar-refractivity contribution is 5.84. The lowest BCUT2D eigenvalue weighted by Gasteiger charge is -2.25. The number of esters is 2. The Balaban J connectivity index is 2.19. The Labute approximate surface area is 200 Å². The van der Waals surface area contributed by atoms with Crippen molar-refractivity contribution < 1.29 is 24.2 Å². The van der Waals surface area contributed by atoms with Crippen LogP contribution >= 0.6 is 0 Å².